The van der Waals surface area contributed by atoms with Crippen LogP contribution in [0.2, 0.25) is 0 Å². The Bertz CT molecular complexity index is 913. The number of benzene rings is 2. The van der Waals surface area contributed by atoms with Gasteiger partial charge in [-0.1, -0.05) is 30.0 Å². The Morgan fingerprint density at radius 2 is 1.88 bits per heavy atom. The van der Waals surface area contributed by atoms with Gasteiger partial charge in [0.15, 0.2) is 10.9 Å². The Morgan fingerprint density at radius 1 is 1.19 bits per heavy atom. The number of imidazole rings is 1. The lowest BCUT2D eigenvalue weighted by atomic mass is 10.1. The second-order valence-electron chi connectivity index (χ2n) is 6.56. The molecule has 0 aliphatic heterocycles. The number of carbonyl (C=O) groups excluding carboxylic acids is 1. The van der Waals surface area contributed by atoms with Gasteiger partial charge in [-0.25, -0.2) is 4.98 Å². The van der Waals surface area contributed by atoms with Crippen LogP contribution in [0, 0.1) is 13.8 Å². The number of carbonyl (C=O) groups is 1. The van der Waals surface area contributed by atoms with Crippen LogP contribution in [0.5, 0.6) is 5.75 Å². The summed E-state index contributed by atoms with van der Waals surface area (Å²) < 4.78 is 7.91. The van der Waals surface area contributed by atoms with E-state index in [0.29, 0.717) is 6.61 Å². The molecule has 0 aliphatic rings. The van der Waals surface area contributed by atoms with Crippen LogP contribution in [-0.4, -0.2) is 27.7 Å². The van der Waals surface area contributed by atoms with Crippen LogP contribution in [-0.2, 0) is 4.79 Å². The molecular weight excluding hydrogens is 344 g/mol. The van der Waals surface area contributed by atoms with Gasteiger partial charge in [-0.2, -0.15) is 0 Å². The lowest BCUT2D eigenvalue weighted by molar-refractivity contribution is -0.119. The molecule has 0 amide bonds. The van der Waals surface area contributed by atoms with E-state index in [1.165, 1.54) is 11.1 Å². The fourth-order valence-corrected chi connectivity index (χ4v) is 3.90. The fourth-order valence-electron chi connectivity index (χ4n) is 2.99. The number of rotatable bonds is 7. The third-order valence-corrected chi connectivity index (χ3v) is 5.23. The molecule has 1 aromatic heterocycles. The van der Waals surface area contributed by atoms with Gasteiger partial charge in [0.1, 0.15) is 5.75 Å². The van der Waals surface area contributed by atoms with E-state index in [9.17, 15) is 4.79 Å². The van der Waals surface area contributed by atoms with E-state index in [4.69, 9.17) is 9.72 Å². The van der Waals surface area contributed by atoms with Crippen LogP contribution >= 0.6 is 11.8 Å². The average molecular weight is 369 g/mol. The molecule has 1 heterocycles. The van der Waals surface area contributed by atoms with E-state index in [1.54, 1.807) is 18.7 Å². The van der Waals surface area contributed by atoms with E-state index >= 15 is 0 Å². The molecule has 4 nitrogen and oxygen atoms in total. The number of thioether (sulfide) groups is 1. The normalized spacial score (nSPS) is 12.3. The number of hydrogen-bond acceptors (Lipinski definition) is 4. The van der Waals surface area contributed by atoms with E-state index in [1.807, 2.05) is 47.9 Å². The molecule has 0 aliphatic carbocycles. The monoisotopic (exact) mass is 368 g/mol. The molecule has 0 saturated heterocycles. The van der Waals surface area contributed by atoms with E-state index in [-0.39, 0.29) is 11.8 Å². The molecule has 0 saturated carbocycles. The van der Waals surface area contributed by atoms with Crippen molar-refractivity contribution in [3.8, 4) is 5.75 Å². The number of aryl methyl sites for hydroxylation is 2. The van der Waals surface area contributed by atoms with Gasteiger partial charge in [0.05, 0.1) is 23.7 Å². The van der Waals surface area contributed by atoms with Gasteiger partial charge in [-0.05, 0) is 63.1 Å². The molecule has 3 aromatic rings. The Kier molecular flexibility index (Phi) is 5.67. The quantitative estimate of drug-likeness (QED) is 0.436. The number of fused-ring (bicyclic) bond motifs is 1. The first-order valence-corrected chi connectivity index (χ1v) is 9.75. The van der Waals surface area contributed by atoms with Crippen molar-refractivity contribution in [3.05, 3.63) is 53.6 Å². The summed E-state index contributed by atoms with van der Waals surface area (Å²) in [5.41, 5.74) is 4.31. The van der Waals surface area contributed by atoms with Crippen LogP contribution in [0.25, 0.3) is 11.0 Å². The standard InChI is InChI=1S/C21H24N2O2S/c1-14-11-15(2)13-18(12-14)25-9-10-26-21-22-19-7-5-6-8-20(19)23(21)16(3)17(4)24/h5-8,11-13,16H,9-10H2,1-4H3. The number of ether oxygens (including phenoxy) is 1. The van der Waals surface area contributed by atoms with Crippen molar-refractivity contribution in [1.82, 2.24) is 9.55 Å². The Labute approximate surface area is 158 Å². The van der Waals surface area contributed by atoms with Crippen LogP contribution < -0.4 is 4.74 Å². The SMILES string of the molecule is CC(=O)C(C)n1c(SCCOc2cc(C)cc(C)c2)nc2ccccc21. The van der Waals surface area contributed by atoms with Crippen molar-refractivity contribution in [2.24, 2.45) is 0 Å². The Balaban J connectivity index is 1.72. The molecule has 2 aromatic carbocycles. The zero-order chi connectivity index (χ0) is 18.7. The second-order valence-corrected chi connectivity index (χ2v) is 7.62. The summed E-state index contributed by atoms with van der Waals surface area (Å²) in [7, 11) is 0. The highest BCUT2D eigenvalue weighted by Crippen LogP contribution is 2.28. The number of para-hydroxylation sites is 2. The van der Waals surface area contributed by atoms with Crippen LogP contribution in [0.1, 0.15) is 31.0 Å². The van der Waals surface area contributed by atoms with Crippen molar-refractivity contribution in [1.29, 1.82) is 0 Å². The largest absolute Gasteiger partial charge is 0.493 e. The second kappa shape index (κ2) is 7.96. The Morgan fingerprint density at radius 3 is 2.58 bits per heavy atom. The summed E-state index contributed by atoms with van der Waals surface area (Å²) in [5, 5.41) is 0.859. The fraction of sp³-hybridized carbons (Fsp3) is 0.333. The maximum atomic E-state index is 11.9. The van der Waals surface area contributed by atoms with Gasteiger partial charge >= 0.3 is 0 Å². The lowest BCUT2D eigenvalue weighted by Gasteiger charge is -2.14. The lowest BCUT2D eigenvalue weighted by Crippen LogP contribution is -2.14. The first-order chi connectivity index (χ1) is 12.5. The van der Waals surface area contributed by atoms with Crippen molar-refractivity contribution < 1.29 is 9.53 Å². The van der Waals surface area contributed by atoms with Crippen molar-refractivity contribution in [3.63, 3.8) is 0 Å². The van der Waals surface area contributed by atoms with E-state index < -0.39 is 0 Å². The molecule has 136 valence electrons. The predicted octanol–water partition coefficient (Wildman–Crippen LogP) is 4.97. The molecule has 26 heavy (non-hydrogen) atoms. The third-order valence-electron chi connectivity index (χ3n) is 4.32. The molecule has 0 N–H and O–H groups in total. The summed E-state index contributed by atoms with van der Waals surface area (Å²) in [4.78, 5) is 16.6. The third kappa shape index (κ3) is 4.10. The van der Waals surface area contributed by atoms with Crippen molar-refractivity contribution in [2.45, 2.75) is 38.9 Å². The van der Waals surface area contributed by atoms with Crippen LogP contribution in [0.15, 0.2) is 47.6 Å². The van der Waals surface area contributed by atoms with Gasteiger partial charge in [0, 0.05) is 5.75 Å². The number of hydrogen-bond donors (Lipinski definition) is 0. The summed E-state index contributed by atoms with van der Waals surface area (Å²) >= 11 is 1.62. The summed E-state index contributed by atoms with van der Waals surface area (Å²) in [6.45, 7) is 8.27. The topological polar surface area (TPSA) is 44.1 Å². The summed E-state index contributed by atoms with van der Waals surface area (Å²) in [5.74, 6) is 1.79. The molecule has 0 spiro atoms. The van der Waals surface area contributed by atoms with Gasteiger partial charge < -0.3 is 9.30 Å². The molecule has 0 bridgehead atoms. The molecular formula is C21H24N2O2S. The van der Waals surface area contributed by atoms with Crippen LogP contribution in [0.4, 0.5) is 0 Å². The molecule has 1 unspecified atom stereocenters. The van der Waals surface area contributed by atoms with Crippen LogP contribution in [0.3, 0.4) is 0 Å². The van der Waals surface area contributed by atoms with Gasteiger partial charge in [0.2, 0.25) is 0 Å². The smallest absolute Gasteiger partial charge is 0.169 e. The molecule has 3 rings (SSSR count). The van der Waals surface area contributed by atoms with Crippen molar-refractivity contribution >= 4 is 28.6 Å². The maximum Gasteiger partial charge on any atom is 0.169 e. The molecule has 1 atom stereocenters. The van der Waals surface area contributed by atoms with Crippen molar-refractivity contribution in [2.75, 3.05) is 12.4 Å². The number of Topliss-reactive ketones (excluding diaryl/α,β-unsaturated/α-hetero) is 1. The number of nitrogens with zero attached hydrogens (tertiary/aromatic N) is 2. The Hall–Kier alpha value is -2.27. The minimum Gasteiger partial charge on any atom is -0.493 e. The highest BCUT2D eigenvalue weighted by Gasteiger charge is 2.19. The zero-order valence-electron chi connectivity index (χ0n) is 15.7. The minimum absolute atomic E-state index is 0.126. The number of ketones is 1. The molecule has 5 heteroatoms. The average Bonchev–Trinajstić information content (AvgIpc) is 2.95. The highest BCUT2D eigenvalue weighted by atomic mass is 32.2. The van der Waals surface area contributed by atoms with Gasteiger partial charge in [-0.3, -0.25) is 4.79 Å². The zero-order valence-corrected chi connectivity index (χ0v) is 16.5. The first-order valence-electron chi connectivity index (χ1n) is 8.77. The molecule has 0 fully saturated rings. The predicted molar refractivity (Wildman–Crippen MR) is 107 cm³/mol. The van der Waals surface area contributed by atoms with E-state index in [0.717, 1.165) is 27.7 Å². The minimum atomic E-state index is -0.231. The molecule has 0 radical (unpaired) electrons. The summed E-state index contributed by atoms with van der Waals surface area (Å²) in [6, 6.07) is 13.9. The first kappa shape index (κ1) is 18.5. The summed E-state index contributed by atoms with van der Waals surface area (Å²) in [6.07, 6.45) is 0. The maximum absolute atomic E-state index is 11.9. The number of aromatic nitrogens is 2. The van der Waals surface area contributed by atoms with Gasteiger partial charge in [0.25, 0.3) is 0 Å². The van der Waals surface area contributed by atoms with E-state index in [2.05, 4.69) is 19.9 Å². The van der Waals surface area contributed by atoms with Gasteiger partial charge in [-0.15, -0.1) is 0 Å². The highest BCUT2D eigenvalue weighted by molar-refractivity contribution is 7.99.